The minimum absolute atomic E-state index is 0.0541. The van der Waals surface area contributed by atoms with Gasteiger partial charge in [0.25, 0.3) is 5.91 Å². The standard InChI is InChI=1S/C20H21F3N2O5S/c1-2-14-3-4-15(13-18(14)31(27,28)25-9-11-29-12-10-25)19(26)24-16-5-7-17(8-6-16)30-20(21,22)23/h3-8,13H,2,9-12H2,1H3,(H,24,26). The molecule has 1 amide bonds. The van der Waals surface area contributed by atoms with Gasteiger partial charge in [0.15, 0.2) is 0 Å². The van der Waals surface area contributed by atoms with Gasteiger partial charge in [-0.05, 0) is 48.4 Å². The second kappa shape index (κ2) is 9.25. The first kappa shape index (κ1) is 23.0. The zero-order valence-corrected chi connectivity index (χ0v) is 17.4. The molecule has 168 valence electrons. The highest BCUT2D eigenvalue weighted by molar-refractivity contribution is 7.89. The van der Waals surface area contributed by atoms with Gasteiger partial charge in [-0.25, -0.2) is 8.42 Å². The first-order valence-electron chi connectivity index (χ1n) is 9.48. The molecule has 1 heterocycles. The molecule has 0 aliphatic carbocycles. The summed E-state index contributed by atoms with van der Waals surface area (Å²) in [5.41, 5.74) is 0.924. The number of amides is 1. The Labute approximate surface area is 177 Å². The third kappa shape index (κ3) is 5.75. The van der Waals surface area contributed by atoms with Crippen LogP contribution in [0.1, 0.15) is 22.8 Å². The largest absolute Gasteiger partial charge is 0.573 e. The summed E-state index contributed by atoms with van der Waals surface area (Å²) < 4.78 is 73.3. The molecule has 7 nitrogen and oxygen atoms in total. The van der Waals surface area contributed by atoms with Crippen molar-refractivity contribution in [2.75, 3.05) is 31.6 Å². The highest BCUT2D eigenvalue weighted by Crippen LogP contribution is 2.26. The number of rotatable bonds is 6. The van der Waals surface area contributed by atoms with E-state index in [0.717, 1.165) is 12.1 Å². The fourth-order valence-electron chi connectivity index (χ4n) is 3.10. The summed E-state index contributed by atoms with van der Waals surface area (Å²) in [6.45, 7) is 2.88. The van der Waals surface area contributed by atoms with E-state index in [2.05, 4.69) is 10.1 Å². The summed E-state index contributed by atoms with van der Waals surface area (Å²) in [5, 5.41) is 2.54. The van der Waals surface area contributed by atoms with E-state index >= 15 is 0 Å². The molecule has 0 atom stereocenters. The Bertz CT molecular complexity index is 1030. The summed E-state index contributed by atoms with van der Waals surface area (Å²) >= 11 is 0. The number of carbonyl (C=O) groups excluding carboxylic acids is 1. The SMILES string of the molecule is CCc1ccc(C(=O)Nc2ccc(OC(F)(F)F)cc2)cc1S(=O)(=O)N1CCOCC1. The number of alkyl halides is 3. The van der Waals surface area contributed by atoms with Crippen molar-refractivity contribution in [3.63, 3.8) is 0 Å². The molecule has 0 saturated carbocycles. The summed E-state index contributed by atoms with van der Waals surface area (Å²) in [5.74, 6) is -1.01. The lowest BCUT2D eigenvalue weighted by molar-refractivity contribution is -0.274. The molecule has 1 N–H and O–H groups in total. The zero-order chi connectivity index (χ0) is 22.6. The van der Waals surface area contributed by atoms with E-state index in [1.807, 2.05) is 6.92 Å². The molecule has 1 fully saturated rings. The number of nitrogens with one attached hydrogen (secondary N) is 1. The fraction of sp³-hybridized carbons (Fsp3) is 0.350. The van der Waals surface area contributed by atoms with E-state index in [4.69, 9.17) is 4.74 Å². The number of hydrogen-bond donors (Lipinski definition) is 1. The van der Waals surface area contributed by atoms with Crippen LogP contribution in [0.3, 0.4) is 0 Å². The predicted molar refractivity (Wildman–Crippen MR) is 106 cm³/mol. The first-order chi connectivity index (χ1) is 14.6. The van der Waals surface area contributed by atoms with Gasteiger partial charge in [0, 0.05) is 24.3 Å². The number of hydrogen-bond acceptors (Lipinski definition) is 5. The molecule has 0 spiro atoms. The van der Waals surface area contributed by atoms with Crippen molar-refractivity contribution in [2.45, 2.75) is 24.6 Å². The van der Waals surface area contributed by atoms with Gasteiger partial charge in [0.1, 0.15) is 5.75 Å². The average molecular weight is 458 g/mol. The quantitative estimate of drug-likeness (QED) is 0.717. The van der Waals surface area contributed by atoms with E-state index in [-0.39, 0.29) is 29.2 Å². The van der Waals surface area contributed by atoms with E-state index in [1.54, 1.807) is 6.07 Å². The number of sulfonamides is 1. The van der Waals surface area contributed by atoms with Crippen LogP contribution in [0.2, 0.25) is 0 Å². The molecule has 1 aliphatic rings. The Morgan fingerprint density at radius 1 is 1.13 bits per heavy atom. The van der Waals surface area contributed by atoms with Crippen molar-refractivity contribution < 1.29 is 35.9 Å². The lowest BCUT2D eigenvalue weighted by atomic mass is 10.1. The van der Waals surface area contributed by atoms with Crippen LogP contribution in [0, 0.1) is 0 Å². The van der Waals surface area contributed by atoms with E-state index in [1.165, 1.54) is 28.6 Å². The third-order valence-electron chi connectivity index (χ3n) is 4.64. The maximum atomic E-state index is 13.1. The Balaban J connectivity index is 1.81. The summed E-state index contributed by atoms with van der Waals surface area (Å²) in [6.07, 6.45) is -4.35. The Morgan fingerprint density at radius 3 is 2.35 bits per heavy atom. The lowest BCUT2D eigenvalue weighted by Gasteiger charge is -2.27. The number of halogens is 3. The normalized spacial score (nSPS) is 15.5. The molecular formula is C20H21F3N2O5S. The Morgan fingerprint density at radius 2 is 1.77 bits per heavy atom. The predicted octanol–water partition coefficient (Wildman–Crippen LogP) is 3.42. The number of morpholine rings is 1. The summed E-state index contributed by atoms with van der Waals surface area (Å²) in [4.78, 5) is 12.7. The molecule has 3 rings (SSSR count). The second-order valence-corrected chi connectivity index (χ2v) is 8.63. The highest BCUT2D eigenvalue weighted by Gasteiger charge is 2.31. The Hall–Kier alpha value is -2.63. The van der Waals surface area contributed by atoms with Gasteiger partial charge in [-0.15, -0.1) is 13.2 Å². The van der Waals surface area contributed by atoms with E-state index in [9.17, 15) is 26.4 Å². The van der Waals surface area contributed by atoms with Gasteiger partial charge < -0.3 is 14.8 Å². The first-order valence-corrected chi connectivity index (χ1v) is 10.9. The Kier molecular flexibility index (Phi) is 6.87. The van der Waals surface area contributed by atoms with Crippen LogP contribution in [0.25, 0.3) is 0 Å². The molecule has 1 saturated heterocycles. The van der Waals surface area contributed by atoms with Crippen LogP contribution in [0.5, 0.6) is 5.75 Å². The van der Waals surface area contributed by atoms with E-state index < -0.39 is 28.0 Å². The average Bonchev–Trinajstić information content (AvgIpc) is 2.74. The number of ether oxygens (including phenoxy) is 2. The maximum Gasteiger partial charge on any atom is 0.573 e. The van der Waals surface area contributed by atoms with Crippen LogP contribution < -0.4 is 10.1 Å². The van der Waals surface area contributed by atoms with Gasteiger partial charge >= 0.3 is 6.36 Å². The number of benzene rings is 2. The van der Waals surface area contributed by atoms with Crippen molar-refractivity contribution in [1.82, 2.24) is 4.31 Å². The topological polar surface area (TPSA) is 84.9 Å². The summed E-state index contributed by atoms with van der Waals surface area (Å²) in [7, 11) is -3.81. The van der Waals surface area contributed by atoms with Crippen LogP contribution >= 0.6 is 0 Å². The lowest BCUT2D eigenvalue weighted by Crippen LogP contribution is -2.41. The minimum Gasteiger partial charge on any atom is -0.406 e. The van der Waals surface area contributed by atoms with Crippen molar-refractivity contribution in [3.05, 3.63) is 53.6 Å². The van der Waals surface area contributed by atoms with Crippen LogP contribution in [0.15, 0.2) is 47.4 Å². The fourth-order valence-corrected chi connectivity index (χ4v) is 4.82. The van der Waals surface area contributed by atoms with Crippen molar-refractivity contribution in [2.24, 2.45) is 0 Å². The van der Waals surface area contributed by atoms with Gasteiger partial charge in [-0.1, -0.05) is 13.0 Å². The molecule has 0 radical (unpaired) electrons. The van der Waals surface area contributed by atoms with Gasteiger partial charge in [0.2, 0.25) is 10.0 Å². The van der Waals surface area contributed by atoms with Crippen molar-refractivity contribution in [1.29, 1.82) is 0 Å². The monoisotopic (exact) mass is 458 g/mol. The number of carbonyl (C=O) groups is 1. The van der Waals surface area contributed by atoms with Crippen molar-refractivity contribution >= 4 is 21.6 Å². The molecule has 0 bridgehead atoms. The van der Waals surface area contributed by atoms with Gasteiger partial charge in [0.05, 0.1) is 18.1 Å². The number of aryl methyl sites for hydroxylation is 1. The molecule has 2 aromatic rings. The van der Waals surface area contributed by atoms with Crippen LogP contribution in [-0.4, -0.2) is 51.3 Å². The van der Waals surface area contributed by atoms with Crippen LogP contribution in [-0.2, 0) is 21.2 Å². The molecule has 2 aromatic carbocycles. The zero-order valence-electron chi connectivity index (χ0n) is 16.6. The van der Waals surface area contributed by atoms with Crippen LogP contribution in [0.4, 0.5) is 18.9 Å². The minimum atomic E-state index is -4.81. The third-order valence-corrected chi connectivity index (χ3v) is 6.62. The van der Waals surface area contributed by atoms with Gasteiger partial charge in [-0.3, -0.25) is 4.79 Å². The number of nitrogens with zero attached hydrogens (tertiary/aromatic N) is 1. The molecular weight excluding hydrogens is 437 g/mol. The summed E-state index contributed by atoms with van der Waals surface area (Å²) in [6, 6.07) is 9.06. The second-order valence-electron chi connectivity index (χ2n) is 6.72. The van der Waals surface area contributed by atoms with Gasteiger partial charge in [-0.2, -0.15) is 4.31 Å². The number of anilines is 1. The maximum absolute atomic E-state index is 13.1. The molecule has 0 unspecified atom stereocenters. The highest BCUT2D eigenvalue weighted by atomic mass is 32.2. The molecule has 11 heteroatoms. The molecule has 0 aromatic heterocycles. The molecule has 31 heavy (non-hydrogen) atoms. The smallest absolute Gasteiger partial charge is 0.406 e. The molecule has 1 aliphatic heterocycles. The van der Waals surface area contributed by atoms with Crippen molar-refractivity contribution in [3.8, 4) is 5.75 Å². The van der Waals surface area contributed by atoms with E-state index in [0.29, 0.717) is 25.2 Å².